The van der Waals surface area contributed by atoms with Crippen molar-refractivity contribution in [2.24, 2.45) is 0 Å². The Labute approximate surface area is 86.7 Å². The number of carboxylic acid groups (broad SMARTS) is 1. The molecular weight excluding hydrogens is 198 g/mol. The summed E-state index contributed by atoms with van der Waals surface area (Å²) >= 11 is 0. The highest BCUT2D eigenvalue weighted by Crippen LogP contribution is 2.36. The van der Waals surface area contributed by atoms with Crippen LogP contribution >= 0.6 is 0 Å². The van der Waals surface area contributed by atoms with Crippen molar-refractivity contribution in [3.8, 4) is 5.88 Å². The lowest BCUT2D eigenvalue weighted by atomic mass is 9.81. The van der Waals surface area contributed by atoms with Gasteiger partial charge in [0.2, 0.25) is 0 Å². The van der Waals surface area contributed by atoms with Crippen molar-refractivity contribution in [3.63, 3.8) is 0 Å². The lowest BCUT2D eigenvalue weighted by molar-refractivity contribution is -0.271. The Hall–Kier alpha value is -1.62. The van der Waals surface area contributed by atoms with E-state index >= 15 is 0 Å². The van der Waals surface area contributed by atoms with Gasteiger partial charge in [-0.25, -0.2) is 4.98 Å². The van der Waals surface area contributed by atoms with Crippen molar-refractivity contribution in [1.82, 2.24) is 4.98 Å². The minimum absolute atomic E-state index is 0.0864. The Balaban J connectivity index is 2.33. The molecule has 1 aliphatic rings. The van der Waals surface area contributed by atoms with Crippen LogP contribution in [0.15, 0.2) is 18.3 Å². The minimum atomic E-state index is -1.60. The molecule has 5 nitrogen and oxygen atoms in total. The molecule has 0 saturated carbocycles. The van der Waals surface area contributed by atoms with E-state index in [9.17, 15) is 9.90 Å². The van der Waals surface area contributed by atoms with Crippen LogP contribution in [0.25, 0.3) is 0 Å². The van der Waals surface area contributed by atoms with Crippen molar-refractivity contribution < 1.29 is 19.4 Å². The van der Waals surface area contributed by atoms with Crippen LogP contribution in [0.2, 0.25) is 0 Å². The fraction of sp³-hybridized carbons (Fsp3) is 0.400. The number of nitrogens with zero attached hydrogens (tertiary/aromatic N) is 1. The monoisotopic (exact) mass is 208 g/mol. The normalized spacial score (nSPS) is 17.9. The highest BCUT2D eigenvalue weighted by Gasteiger charge is 2.37. The Bertz CT molecular complexity index is 387. The summed E-state index contributed by atoms with van der Waals surface area (Å²) in [5.41, 5.74) is 0.527. The van der Waals surface area contributed by atoms with E-state index in [0.717, 1.165) is 5.56 Å². The average molecular weight is 208 g/mol. The zero-order valence-corrected chi connectivity index (χ0v) is 8.23. The first-order chi connectivity index (χ1) is 7.12. The maximum atomic E-state index is 10.3. The molecule has 0 amide bonds. The van der Waals surface area contributed by atoms with Crippen molar-refractivity contribution >= 4 is 6.16 Å². The number of carbonyl (C=O) groups excluding carboxylic acids is 1. The van der Waals surface area contributed by atoms with Crippen LogP contribution in [0.5, 0.6) is 5.88 Å². The van der Waals surface area contributed by atoms with E-state index in [1.165, 1.54) is 6.20 Å². The first-order valence-corrected chi connectivity index (χ1v) is 4.54. The van der Waals surface area contributed by atoms with Crippen molar-refractivity contribution in [1.29, 1.82) is 0 Å². The van der Waals surface area contributed by atoms with Gasteiger partial charge < -0.3 is 19.4 Å². The molecule has 1 aromatic rings. The quantitative estimate of drug-likeness (QED) is 0.644. The molecule has 1 fully saturated rings. The van der Waals surface area contributed by atoms with Gasteiger partial charge in [0.15, 0.2) is 0 Å². The maximum Gasteiger partial charge on any atom is 0.258 e. The number of aromatic nitrogens is 1. The van der Waals surface area contributed by atoms with Crippen LogP contribution < -0.4 is 9.84 Å². The molecule has 0 spiro atoms. The highest BCUT2D eigenvalue weighted by atomic mass is 16.7. The SMILES string of the molecule is CC1(c2cccnc2OC(=O)[O-])COC1. The maximum absolute atomic E-state index is 10.3. The lowest BCUT2D eigenvalue weighted by Gasteiger charge is -2.39. The van der Waals surface area contributed by atoms with Gasteiger partial charge in [0, 0.05) is 17.2 Å². The van der Waals surface area contributed by atoms with Crippen LogP contribution in [0.3, 0.4) is 0 Å². The molecule has 80 valence electrons. The smallest absolute Gasteiger partial charge is 0.258 e. The van der Waals surface area contributed by atoms with Gasteiger partial charge in [-0.3, -0.25) is 0 Å². The first kappa shape index (κ1) is 9.92. The van der Waals surface area contributed by atoms with Gasteiger partial charge in [0.1, 0.15) is 5.88 Å². The van der Waals surface area contributed by atoms with E-state index in [0.29, 0.717) is 13.2 Å². The van der Waals surface area contributed by atoms with Crippen LogP contribution in [0, 0.1) is 0 Å². The van der Waals surface area contributed by atoms with Crippen molar-refractivity contribution in [3.05, 3.63) is 23.9 Å². The summed E-state index contributed by atoms with van der Waals surface area (Å²) in [7, 11) is 0. The second-order valence-electron chi connectivity index (χ2n) is 3.76. The predicted molar refractivity (Wildman–Crippen MR) is 48.4 cm³/mol. The van der Waals surface area contributed by atoms with Gasteiger partial charge in [0.05, 0.1) is 13.2 Å². The largest absolute Gasteiger partial charge is 0.496 e. The predicted octanol–water partition coefficient (Wildman–Crippen LogP) is 0.0916. The standard InChI is InChI=1S/C10H11NO4/c1-10(5-14-6-10)7-3-2-4-11-8(7)15-9(12)13/h2-4H,5-6H2,1H3,(H,12,13)/p-1. The molecule has 1 aromatic heterocycles. The number of hydrogen-bond acceptors (Lipinski definition) is 5. The van der Waals surface area contributed by atoms with E-state index in [4.69, 9.17) is 4.74 Å². The lowest BCUT2D eigenvalue weighted by Crippen LogP contribution is -2.44. The Morgan fingerprint density at radius 1 is 1.67 bits per heavy atom. The summed E-state index contributed by atoms with van der Waals surface area (Å²) in [5.74, 6) is 0.0864. The van der Waals surface area contributed by atoms with Crippen molar-refractivity contribution in [2.45, 2.75) is 12.3 Å². The van der Waals surface area contributed by atoms with Gasteiger partial charge >= 0.3 is 0 Å². The van der Waals surface area contributed by atoms with E-state index < -0.39 is 6.16 Å². The summed E-state index contributed by atoms with van der Waals surface area (Å²) in [6, 6.07) is 3.52. The number of rotatable bonds is 2. The van der Waals surface area contributed by atoms with Gasteiger partial charge in [0.25, 0.3) is 6.16 Å². The molecule has 0 N–H and O–H groups in total. The van der Waals surface area contributed by atoms with E-state index in [-0.39, 0.29) is 11.3 Å². The molecule has 2 rings (SSSR count). The topological polar surface area (TPSA) is 71.5 Å². The number of hydrogen-bond donors (Lipinski definition) is 0. The van der Waals surface area contributed by atoms with E-state index in [1.807, 2.05) is 6.92 Å². The molecule has 0 atom stereocenters. The highest BCUT2D eigenvalue weighted by molar-refractivity contribution is 5.59. The van der Waals surface area contributed by atoms with Gasteiger partial charge in [-0.15, -0.1) is 0 Å². The summed E-state index contributed by atoms with van der Waals surface area (Å²) < 4.78 is 9.61. The third kappa shape index (κ3) is 1.78. The van der Waals surface area contributed by atoms with Gasteiger partial charge in [-0.1, -0.05) is 13.0 Å². The van der Waals surface area contributed by atoms with E-state index in [2.05, 4.69) is 9.72 Å². The molecule has 15 heavy (non-hydrogen) atoms. The summed E-state index contributed by atoms with van der Waals surface area (Å²) in [6.45, 7) is 3.06. The molecule has 0 radical (unpaired) electrons. The molecular formula is C10H10NO4-. The number of carbonyl (C=O) groups is 1. The molecule has 0 aliphatic carbocycles. The molecule has 1 aliphatic heterocycles. The first-order valence-electron chi connectivity index (χ1n) is 4.54. The van der Waals surface area contributed by atoms with E-state index in [1.54, 1.807) is 12.1 Å². The van der Waals surface area contributed by atoms with Crippen LogP contribution in [0.1, 0.15) is 12.5 Å². The molecule has 0 aromatic carbocycles. The van der Waals surface area contributed by atoms with Crippen LogP contribution in [-0.4, -0.2) is 24.4 Å². The third-order valence-corrected chi connectivity index (χ3v) is 2.44. The second kappa shape index (κ2) is 3.51. The third-order valence-electron chi connectivity index (χ3n) is 2.44. The molecule has 5 heteroatoms. The summed E-state index contributed by atoms with van der Waals surface area (Å²) in [4.78, 5) is 14.2. The Kier molecular flexibility index (Phi) is 2.32. The fourth-order valence-electron chi connectivity index (χ4n) is 1.57. The fourth-order valence-corrected chi connectivity index (χ4v) is 1.57. The zero-order valence-electron chi connectivity index (χ0n) is 8.23. The van der Waals surface area contributed by atoms with Crippen LogP contribution in [-0.2, 0) is 10.2 Å². The number of pyridine rings is 1. The van der Waals surface area contributed by atoms with Crippen LogP contribution in [0.4, 0.5) is 4.79 Å². The second-order valence-corrected chi connectivity index (χ2v) is 3.76. The van der Waals surface area contributed by atoms with Gasteiger partial charge in [-0.2, -0.15) is 0 Å². The average Bonchev–Trinajstić information content (AvgIpc) is 2.14. The summed E-state index contributed by atoms with van der Waals surface area (Å²) in [5, 5.41) is 10.3. The Morgan fingerprint density at radius 3 is 2.93 bits per heavy atom. The molecule has 0 bridgehead atoms. The summed E-state index contributed by atoms with van der Waals surface area (Å²) in [6.07, 6.45) is -0.121. The molecule has 0 unspecified atom stereocenters. The number of ether oxygens (including phenoxy) is 2. The van der Waals surface area contributed by atoms with Gasteiger partial charge in [-0.05, 0) is 6.07 Å². The molecule has 1 saturated heterocycles. The zero-order chi connectivity index (χ0) is 10.9. The minimum Gasteiger partial charge on any atom is -0.496 e. The van der Waals surface area contributed by atoms with Crippen molar-refractivity contribution in [2.75, 3.05) is 13.2 Å². The Morgan fingerprint density at radius 2 is 2.40 bits per heavy atom. The molecule has 2 heterocycles.